The molecule has 3 rings (SSSR count). The summed E-state index contributed by atoms with van der Waals surface area (Å²) in [6.45, 7) is 5.56. The summed E-state index contributed by atoms with van der Waals surface area (Å²) in [5, 5.41) is 2.73. The Morgan fingerprint density at radius 1 is 1.03 bits per heavy atom. The van der Waals surface area contributed by atoms with Crippen LogP contribution in [0.2, 0.25) is 0 Å². The molecule has 8 heteroatoms. The van der Waals surface area contributed by atoms with Gasteiger partial charge < -0.3 is 10.1 Å². The number of carbonyl (C=O) groups excluding carboxylic acids is 2. The number of nitrogens with zero attached hydrogens (tertiary/aromatic N) is 1. The number of imide groups is 1. The van der Waals surface area contributed by atoms with Crippen molar-refractivity contribution < 1.29 is 27.5 Å². The van der Waals surface area contributed by atoms with Crippen LogP contribution in [-0.4, -0.2) is 29.4 Å². The molecule has 5 nitrogen and oxygen atoms in total. The normalized spacial score (nSPS) is 14.7. The molecule has 30 heavy (non-hydrogen) atoms. The minimum absolute atomic E-state index is 0.0292. The predicted molar refractivity (Wildman–Crippen MR) is 107 cm³/mol. The Labute approximate surface area is 172 Å². The zero-order chi connectivity index (χ0) is 22.1. The van der Waals surface area contributed by atoms with Gasteiger partial charge in [0.15, 0.2) is 0 Å². The van der Waals surface area contributed by atoms with Crippen LogP contribution in [0.5, 0.6) is 5.75 Å². The fourth-order valence-corrected chi connectivity index (χ4v) is 3.14. The highest BCUT2D eigenvalue weighted by atomic mass is 19.4. The molecular weight excluding hydrogens is 397 g/mol. The summed E-state index contributed by atoms with van der Waals surface area (Å²) in [7, 11) is 0. The summed E-state index contributed by atoms with van der Waals surface area (Å²) in [6, 6.07) is 11.1. The van der Waals surface area contributed by atoms with Gasteiger partial charge in [0.05, 0.1) is 17.2 Å². The fourth-order valence-electron chi connectivity index (χ4n) is 3.14. The third-order valence-electron chi connectivity index (χ3n) is 4.46. The number of anilines is 1. The average molecular weight is 418 g/mol. The maximum atomic E-state index is 13.0. The Balaban J connectivity index is 2.02. The molecule has 2 amide bonds. The van der Waals surface area contributed by atoms with Crippen molar-refractivity contribution in [1.82, 2.24) is 4.90 Å². The molecule has 1 aliphatic heterocycles. The first-order valence-electron chi connectivity index (χ1n) is 9.43. The van der Waals surface area contributed by atoms with E-state index in [0.29, 0.717) is 11.3 Å². The van der Waals surface area contributed by atoms with Gasteiger partial charge in [-0.2, -0.15) is 13.2 Å². The number of nitrogens with one attached hydrogen (secondary N) is 1. The number of alkyl halides is 3. The molecule has 0 saturated carbocycles. The van der Waals surface area contributed by atoms with E-state index in [0.717, 1.165) is 17.0 Å². The zero-order valence-electron chi connectivity index (χ0n) is 16.7. The van der Waals surface area contributed by atoms with Crippen LogP contribution in [0, 0.1) is 0 Å². The van der Waals surface area contributed by atoms with Gasteiger partial charge in [-0.1, -0.05) is 18.2 Å². The minimum atomic E-state index is -4.52. The Bertz CT molecular complexity index is 995. The molecular formula is C22H21F3N2O3. The van der Waals surface area contributed by atoms with E-state index in [9.17, 15) is 22.8 Å². The molecule has 2 aromatic rings. The molecule has 0 aromatic heterocycles. The van der Waals surface area contributed by atoms with E-state index >= 15 is 0 Å². The fraction of sp³-hybridized carbons (Fsp3) is 0.273. The Kier molecular flexibility index (Phi) is 5.87. The molecule has 0 saturated heterocycles. The number of rotatable bonds is 6. The highest BCUT2D eigenvalue weighted by Crippen LogP contribution is 2.34. The second kappa shape index (κ2) is 8.22. The number of halogens is 3. The summed E-state index contributed by atoms with van der Waals surface area (Å²) < 4.78 is 44.7. The van der Waals surface area contributed by atoms with E-state index in [2.05, 4.69) is 5.32 Å². The van der Waals surface area contributed by atoms with Crippen LogP contribution in [0.3, 0.4) is 0 Å². The number of ether oxygens (including phenoxy) is 1. The van der Waals surface area contributed by atoms with E-state index in [-0.39, 0.29) is 29.6 Å². The molecule has 1 aliphatic rings. The molecule has 0 bridgehead atoms. The molecule has 1 N–H and O–H groups in total. The number of amides is 2. The summed E-state index contributed by atoms with van der Waals surface area (Å²) >= 11 is 0. The van der Waals surface area contributed by atoms with Gasteiger partial charge >= 0.3 is 6.18 Å². The minimum Gasteiger partial charge on any atom is -0.491 e. The van der Waals surface area contributed by atoms with Crippen LogP contribution in [-0.2, 0) is 15.8 Å². The third-order valence-corrected chi connectivity index (χ3v) is 4.46. The quantitative estimate of drug-likeness (QED) is 0.691. The van der Waals surface area contributed by atoms with Crippen molar-refractivity contribution in [2.45, 2.75) is 33.1 Å². The smallest absolute Gasteiger partial charge is 0.416 e. The van der Waals surface area contributed by atoms with Gasteiger partial charge in [0.25, 0.3) is 11.8 Å². The Morgan fingerprint density at radius 3 is 2.27 bits per heavy atom. The first-order valence-corrected chi connectivity index (χ1v) is 9.43. The molecule has 158 valence electrons. The number of benzene rings is 2. The first kappa shape index (κ1) is 21.4. The summed E-state index contributed by atoms with van der Waals surface area (Å²) in [5.74, 6) is -0.488. The molecule has 0 fully saturated rings. The van der Waals surface area contributed by atoms with E-state index in [1.807, 2.05) is 13.8 Å². The van der Waals surface area contributed by atoms with E-state index in [1.54, 1.807) is 31.2 Å². The molecule has 0 spiro atoms. The number of likely N-dealkylation sites (N-methyl/N-ethyl adjacent to an activating group) is 1. The van der Waals surface area contributed by atoms with Gasteiger partial charge in [0.1, 0.15) is 11.4 Å². The van der Waals surface area contributed by atoms with Gasteiger partial charge in [-0.15, -0.1) is 0 Å². The van der Waals surface area contributed by atoms with Crippen molar-refractivity contribution in [1.29, 1.82) is 0 Å². The summed E-state index contributed by atoms with van der Waals surface area (Å²) in [5.41, 5.74) is -0.269. The lowest BCUT2D eigenvalue weighted by Crippen LogP contribution is -2.32. The topological polar surface area (TPSA) is 58.6 Å². The molecule has 0 unspecified atom stereocenters. The van der Waals surface area contributed by atoms with Crippen molar-refractivity contribution in [3.8, 4) is 5.75 Å². The third kappa shape index (κ3) is 4.32. The van der Waals surface area contributed by atoms with Gasteiger partial charge in [0.2, 0.25) is 0 Å². The highest BCUT2D eigenvalue weighted by Gasteiger charge is 2.38. The second-order valence-corrected chi connectivity index (χ2v) is 7.00. The van der Waals surface area contributed by atoms with Crippen molar-refractivity contribution >= 4 is 23.1 Å². The van der Waals surface area contributed by atoms with Gasteiger partial charge in [-0.3, -0.25) is 14.5 Å². The molecule has 0 atom stereocenters. The van der Waals surface area contributed by atoms with Crippen LogP contribution >= 0.6 is 0 Å². The Morgan fingerprint density at radius 2 is 1.70 bits per heavy atom. The first-order chi connectivity index (χ1) is 14.1. The highest BCUT2D eigenvalue weighted by molar-refractivity contribution is 6.36. The lowest BCUT2D eigenvalue weighted by molar-refractivity contribution is -0.138. The van der Waals surface area contributed by atoms with Crippen LogP contribution in [0.25, 0.3) is 5.57 Å². The zero-order valence-corrected chi connectivity index (χ0v) is 16.7. The van der Waals surface area contributed by atoms with Crippen molar-refractivity contribution in [2.24, 2.45) is 0 Å². The largest absolute Gasteiger partial charge is 0.491 e. The maximum absolute atomic E-state index is 13.0. The lowest BCUT2D eigenvalue weighted by Gasteiger charge is -2.13. The monoisotopic (exact) mass is 418 g/mol. The van der Waals surface area contributed by atoms with Crippen LogP contribution < -0.4 is 10.1 Å². The van der Waals surface area contributed by atoms with Gasteiger partial charge in [-0.05, 0) is 56.7 Å². The number of hydrogen-bond acceptors (Lipinski definition) is 4. The van der Waals surface area contributed by atoms with Crippen molar-refractivity contribution in [3.05, 3.63) is 65.4 Å². The predicted octanol–water partition coefficient (Wildman–Crippen LogP) is 4.70. The maximum Gasteiger partial charge on any atom is 0.416 e. The van der Waals surface area contributed by atoms with E-state index < -0.39 is 23.6 Å². The number of hydrogen-bond donors (Lipinski definition) is 1. The summed E-state index contributed by atoms with van der Waals surface area (Å²) in [4.78, 5) is 26.6. The van der Waals surface area contributed by atoms with Gasteiger partial charge in [0, 0.05) is 12.2 Å². The number of carbonyl (C=O) groups is 2. The SMILES string of the molecule is CCN1C(=O)C(Nc2cccc(C(F)(F)F)c2)=C(c2ccc(OC(C)C)cc2)C1=O. The standard InChI is InChI=1S/C22H21F3N2O3/c1-4-27-20(28)18(14-8-10-17(11-9-14)30-13(2)3)19(21(27)29)26-16-7-5-6-15(12-16)22(23,24)25/h5-13,26H,4H2,1-3H3. The van der Waals surface area contributed by atoms with Crippen LogP contribution in [0.15, 0.2) is 54.2 Å². The van der Waals surface area contributed by atoms with Crippen molar-refractivity contribution in [3.63, 3.8) is 0 Å². The molecule has 0 radical (unpaired) electrons. The van der Waals surface area contributed by atoms with Crippen LogP contribution in [0.4, 0.5) is 18.9 Å². The van der Waals surface area contributed by atoms with Crippen molar-refractivity contribution in [2.75, 3.05) is 11.9 Å². The Hall–Kier alpha value is -3.29. The van der Waals surface area contributed by atoms with E-state index in [4.69, 9.17) is 4.74 Å². The molecule has 1 heterocycles. The second-order valence-electron chi connectivity index (χ2n) is 7.00. The molecule has 0 aliphatic carbocycles. The summed E-state index contributed by atoms with van der Waals surface area (Å²) in [6.07, 6.45) is -4.55. The van der Waals surface area contributed by atoms with E-state index in [1.165, 1.54) is 12.1 Å². The molecule has 2 aromatic carbocycles. The van der Waals surface area contributed by atoms with Crippen LogP contribution in [0.1, 0.15) is 31.9 Å². The lowest BCUT2D eigenvalue weighted by atomic mass is 10.0. The van der Waals surface area contributed by atoms with Gasteiger partial charge in [-0.25, -0.2) is 0 Å². The average Bonchev–Trinajstić information content (AvgIpc) is 2.91.